The molecule has 0 fully saturated rings. The van der Waals surface area contributed by atoms with Gasteiger partial charge in [-0.15, -0.1) is 0 Å². The van der Waals surface area contributed by atoms with Crippen molar-refractivity contribution in [3.63, 3.8) is 0 Å². The summed E-state index contributed by atoms with van der Waals surface area (Å²) in [7, 11) is 0. The third kappa shape index (κ3) is 6.04. The Bertz CT molecular complexity index is 686. The number of hydrogen-bond acceptors (Lipinski definition) is 0. The van der Waals surface area contributed by atoms with Gasteiger partial charge in [-0.25, -0.2) is 0 Å². The highest BCUT2D eigenvalue weighted by molar-refractivity contribution is 5.42. The summed E-state index contributed by atoms with van der Waals surface area (Å²) in [6.45, 7) is 0. The first-order valence-corrected chi connectivity index (χ1v) is 7.44. The first-order valence-electron chi connectivity index (χ1n) is 7.44. The molecule has 0 atom stereocenters. The lowest BCUT2D eigenvalue weighted by atomic mass is 10.1. The average molecular weight is 314 g/mol. The van der Waals surface area contributed by atoms with Gasteiger partial charge in [-0.3, -0.25) is 0 Å². The van der Waals surface area contributed by atoms with E-state index in [0.29, 0.717) is 18.4 Å². The van der Waals surface area contributed by atoms with Crippen LogP contribution in [-0.2, 0) is 6.42 Å². The van der Waals surface area contributed by atoms with E-state index >= 15 is 0 Å². The van der Waals surface area contributed by atoms with Crippen LogP contribution in [0.2, 0.25) is 0 Å². The Morgan fingerprint density at radius 3 is 2.13 bits per heavy atom. The van der Waals surface area contributed by atoms with Crippen LogP contribution in [0, 0.1) is 11.8 Å². The van der Waals surface area contributed by atoms with Crippen molar-refractivity contribution in [1.82, 2.24) is 0 Å². The minimum Gasteiger partial charge on any atom is -0.165 e. The van der Waals surface area contributed by atoms with Gasteiger partial charge < -0.3 is 0 Å². The maximum atomic E-state index is 13.0. The zero-order chi connectivity index (χ0) is 16.5. The Labute approximate surface area is 134 Å². The Kier molecular flexibility index (Phi) is 6.05. The molecule has 0 bridgehead atoms. The lowest BCUT2D eigenvalue weighted by Crippen LogP contribution is -2.10. The molecule has 0 saturated carbocycles. The summed E-state index contributed by atoms with van der Waals surface area (Å²) >= 11 is 0. The summed E-state index contributed by atoms with van der Waals surface area (Å²) in [5.74, 6) is 4.83. The van der Waals surface area contributed by atoms with Gasteiger partial charge in [-0.1, -0.05) is 66.4 Å². The fourth-order valence-corrected chi connectivity index (χ4v) is 2.10. The molecular formula is C20H17F3. The molecule has 0 N–H and O–H groups in total. The van der Waals surface area contributed by atoms with Crippen molar-refractivity contribution in [3.05, 3.63) is 83.4 Å². The molecule has 118 valence electrons. The van der Waals surface area contributed by atoms with Crippen molar-refractivity contribution < 1.29 is 13.2 Å². The van der Waals surface area contributed by atoms with E-state index in [2.05, 4.69) is 11.8 Å². The second-order valence-corrected chi connectivity index (χ2v) is 5.11. The van der Waals surface area contributed by atoms with Crippen LogP contribution in [0.15, 0.2) is 72.3 Å². The molecule has 0 amide bonds. The molecule has 0 aliphatic carbocycles. The topological polar surface area (TPSA) is 0 Å². The highest BCUT2D eigenvalue weighted by Gasteiger charge is 2.32. The van der Waals surface area contributed by atoms with Crippen LogP contribution in [0.5, 0.6) is 0 Å². The predicted octanol–water partition coefficient (Wildman–Crippen LogP) is 5.55. The maximum Gasteiger partial charge on any atom is 0.423 e. The Morgan fingerprint density at radius 1 is 0.913 bits per heavy atom. The molecule has 0 aromatic heterocycles. The highest BCUT2D eigenvalue weighted by atomic mass is 19.4. The standard InChI is InChI=1S/C20H17F3/c21-20(22,23)19(16-15-18-11-5-2-6-12-18)14-8-7-13-17-9-3-1-4-10-17/h1-6,9-12,14H,7-8,13H2/b19-14-. The van der Waals surface area contributed by atoms with Gasteiger partial charge in [0.05, 0.1) is 0 Å². The zero-order valence-corrected chi connectivity index (χ0v) is 12.6. The zero-order valence-electron chi connectivity index (χ0n) is 12.6. The van der Waals surface area contributed by atoms with Crippen LogP contribution in [0.4, 0.5) is 13.2 Å². The van der Waals surface area contributed by atoms with Crippen molar-refractivity contribution in [2.45, 2.75) is 25.4 Å². The molecule has 0 nitrogen and oxygen atoms in total. The van der Waals surface area contributed by atoms with Gasteiger partial charge in [-0.2, -0.15) is 13.2 Å². The van der Waals surface area contributed by atoms with Crippen LogP contribution in [0.25, 0.3) is 0 Å². The Hall–Kier alpha value is -2.47. The number of aryl methyl sites for hydroxylation is 1. The van der Waals surface area contributed by atoms with E-state index < -0.39 is 11.7 Å². The minimum absolute atomic E-state index is 0.354. The molecule has 0 heterocycles. The van der Waals surface area contributed by atoms with Gasteiger partial charge in [0, 0.05) is 5.56 Å². The first-order chi connectivity index (χ1) is 11.1. The molecule has 2 aromatic carbocycles. The third-order valence-electron chi connectivity index (χ3n) is 3.28. The van der Waals surface area contributed by atoms with Gasteiger partial charge in [0.25, 0.3) is 0 Å². The molecular weight excluding hydrogens is 297 g/mol. The van der Waals surface area contributed by atoms with E-state index in [9.17, 15) is 13.2 Å². The van der Waals surface area contributed by atoms with E-state index in [1.807, 2.05) is 30.3 Å². The van der Waals surface area contributed by atoms with Crippen molar-refractivity contribution in [1.29, 1.82) is 0 Å². The normalized spacial score (nSPS) is 11.7. The fourth-order valence-electron chi connectivity index (χ4n) is 2.10. The molecule has 0 aliphatic rings. The quantitative estimate of drug-likeness (QED) is 0.513. The maximum absolute atomic E-state index is 13.0. The summed E-state index contributed by atoms with van der Waals surface area (Å²) in [4.78, 5) is 0. The van der Waals surface area contributed by atoms with E-state index in [0.717, 1.165) is 12.0 Å². The van der Waals surface area contributed by atoms with E-state index in [4.69, 9.17) is 0 Å². The molecule has 0 radical (unpaired) electrons. The smallest absolute Gasteiger partial charge is 0.165 e. The number of rotatable bonds is 4. The molecule has 0 aliphatic heterocycles. The lowest BCUT2D eigenvalue weighted by molar-refractivity contribution is -0.0874. The van der Waals surface area contributed by atoms with Crippen LogP contribution in [-0.4, -0.2) is 6.18 Å². The Morgan fingerprint density at radius 2 is 1.52 bits per heavy atom. The number of benzene rings is 2. The van der Waals surface area contributed by atoms with Crippen LogP contribution >= 0.6 is 0 Å². The van der Waals surface area contributed by atoms with Gasteiger partial charge >= 0.3 is 6.18 Å². The van der Waals surface area contributed by atoms with Crippen molar-refractivity contribution in [2.75, 3.05) is 0 Å². The third-order valence-corrected chi connectivity index (χ3v) is 3.28. The molecule has 23 heavy (non-hydrogen) atoms. The van der Waals surface area contributed by atoms with E-state index in [1.165, 1.54) is 6.08 Å². The second kappa shape index (κ2) is 8.24. The lowest BCUT2D eigenvalue weighted by Gasteiger charge is -2.05. The van der Waals surface area contributed by atoms with Gasteiger partial charge in [-0.05, 0) is 37.0 Å². The van der Waals surface area contributed by atoms with E-state index in [1.54, 1.807) is 30.3 Å². The fraction of sp³-hybridized carbons (Fsp3) is 0.200. The van der Waals surface area contributed by atoms with Crippen molar-refractivity contribution in [3.8, 4) is 11.8 Å². The molecule has 3 heteroatoms. The number of alkyl halides is 3. The highest BCUT2D eigenvalue weighted by Crippen LogP contribution is 2.25. The van der Waals surface area contributed by atoms with Gasteiger partial charge in [0.15, 0.2) is 0 Å². The van der Waals surface area contributed by atoms with E-state index in [-0.39, 0.29) is 0 Å². The number of hydrogen-bond donors (Lipinski definition) is 0. The van der Waals surface area contributed by atoms with Crippen LogP contribution in [0.3, 0.4) is 0 Å². The van der Waals surface area contributed by atoms with Crippen molar-refractivity contribution >= 4 is 0 Å². The predicted molar refractivity (Wildman–Crippen MR) is 86.8 cm³/mol. The number of allylic oxidation sites excluding steroid dienone is 2. The van der Waals surface area contributed by atoms with Crippen LogP contribution < -0.4 is 0 Å². The minimum atomic E-state index is -4.41. The van der Waals surface area contributed by atoms with Gasteiger partial charge in [0.1, 0.15) is 5.57 Å². The molecule has 0 unspecified atom stereocenters. The first kappa shape index (κ1) is 16.9. The number of halogens is 3. The van der Waals surface area contributed by atoms with Gasteiger partial charge in [0.2, 0.25) is 0 Å². The Balaban J connectivity index is 2.00. The summed E-state index contributed by atoms with van der Waals surface area (Å²) < 4.78 is 39.0. The van der Waals surface area contributed by atoms with Crippen molar-refractivity contribution in [2.24, 2.45) is 0 Å². The second-order valence-electron chi connectivity index (χ2n) is 5.11. The monoisotopic (exact) mass is 314 g/mol. The summed E-state index contributed by atoms with van der Waals surface area (Å²) in [6, 6.07) is 18.4. The number of unbranched alkanes of at least 4 members (excludes halogenated alkanes) is 1. The van der Waals surface area contributed by atoms with Crippen LogP contribution in [0.1, 0.15) is 24.0 Å². The largest absolute Gasteiger partial charge is 0.423 e. The SMILES string of the molecule is FC(F)(F)/C(C#Cc1ccccc1)=C\CCCc1ccccc1. The molecule has 0 spiro atoms. The molecule has 0 saturated heterocycles. The summed E-state index contributed by atoms with van der Waals surface area (Å²) in [6.07, 6.45) is -1.44. The summed E-state index contributed by atoms with van der Waals surface area (Å²) in [5.41, 5.74) is 0.936. The molecule has 2 rings (SSSR count). The molecule has 2 aromatic rings. The summed E-state index contributed by atoms with van der Waals surface area (Å²) in [5, 5.41) is 0. The average Bonchev–Trinajstić information content (AvgIpc) is 2.55.